The van der Waals surface area contributed by atoms with E-state index in [1.165, 1.54) is 6.21 Å². The largest absolute Gasteiger partial charge is 0.497 e. The average molecular weight is 417 g/mol. The number of carbonyl (C=O) groups excluding carboxylic acids is 2. The summed E-state index contributed by atoms with van der Waals surface area (Å²) in [7, 11) is 3.10. The maximum absolute atomic E-state index is 12.9. The van der Waals surface area contributed by atoms with Gasteiger partial charge < -0.3 is 14.8 Å². The molecular weight excluding hydrogens is 394 g/mol. The van der Waals surface area contributed by atoms with Crippen molar-refractivity contribution in [2.75, 3.05) is 14.2 Å². The SMILES string of the molecule is COc1ccc(OC)c(C=NNC(=O)C(NC(=O)c2ccccc2)c2ccccc2)c1. The van der Waals surface area contributed by atoms with Crippen LogP contribution in [0.3, 0.4) is 0 Å². The van der Waals surface area contributed by atoms with Crippen LogP contribution in [0.1, 0.15) is 27.5 Å². The summed E-state index contributed by atoms with van der Waals surface area (Å²) < 4.78 is 10.5. The van der Waals surface area contributed by atoms with Crippen LogP contribution in [0.25, 0.3) is 0 Å². The third-order valence-electron chi connectivity index (χ3n) is 4.52. The van der Waals surface area contributed by atoms with E-state index in [1.807, 2.05) is 12.1 Å². The van der Waals surface area contributed by atoms with Gasteiger partial charge in [0.2, 0.25) is 0 Å². The second-order valence-corrected chi connectivity index (χ2v) is 6.53. The van der Waals surface area contributed by atoms with Gasteiger partial charge in [-0.2, -0.15) is 5.10 Å². The molecule has 2 amide bonds. The lowest BCUT2D eigenvalue weighted by atomic mass is 10.1. The van der Waals surface area contributed by atoms with Crippen LogP contribution < -0.4 is 20.2 Å². The summed E-state index contributed by atoms with van der Waals surface area (Å²) in [5.74, 6) is 0.373. The first-order valence-electron chi connectivity index (χ1n) is 9.58. The Hall–Kier alpha value is -4.13. The monoisotopic (exact) mass is 417 g/mol. The zero-order chi connectivity index (χ0) is 22.1. The Kier molecular flexibility index (Phi) is 7.37. The Bertz CT molecular complexity index is 1050. The van der Waals surface area contributed by atoms with Crippen molar-refractivity contribution in [3.05, 3.63) is 95.6 Å². The van der Waals surface area contributed by atoms with Crippen LogP contribution in [0.2, 0.25) is 0 Å². The Balaban J connectivity index is 1.78. The quantitative estimate of drug-likeness (QED) is 0.435. The molecule has 0 saturated carbocycles. The Morgan fingerprint density at radius 2 is 1.58 bits per heavy atom. The second-order valence-electron chi connectivity index (χ2n) is 6.53. The predicted octanol–water partition coefficient (Wildman–Crippen LogP) is 3.33. The van der Waals surface area contributed by atoms with E-state index in [9.17, 15) is 9.59 Å². The predicted molar refractivity (Wildman–Crippen MR) is 118 cm³/mol. The molecule has 0 aromatic heterocycles. The molecular formula is C24H23N3O4. The van der Waals surface area contributed by atoms with Crippen molar-refractivity contribution in [2.45, 2.75) is 6.04 Å². The van der Waals surface area contributed by atoms with Crippen molar-refractivity contribution in [1.82, 2.24) is 10.7 Å². The fourth-order valence-corrected chi connectivity index (χ4v) is 2.92. The molecule has 0 aliphatic rings. The standard InChI is InChI=1S/C24H23N3O4/c1-30-20-13-14-21(31-2)19(15-20)16-25-27-24(29)22(17-9-5-3-6-10-17)26-23(28)18-11-7-4-8-12-18/h3-16,22H,1-2H3,(H,26,28)(H,27,29). The van der Waals surface area contributed by atoms with Gasteiger partial charge in [0.05, 0.1) is 20.4 Å². The molecule has 1 atom stereocenters. The van der Waals surface area contributed by atoms with Gasteiger partial charge in [0, 0.05) is 11.1 Å². The van der Waals surface area contributed by atoms with Crippen LogP contribution in [0.4, 0.5) is 0 Å². The van der Waals surface area contributed by atoms with Gasteiger partial charge in [-0.3, -0.25) is 9.59 Å². The molecule has 0 fully saturated rings. The molecule has 1 unspecified atom stereocenters. The highest BCUT2D eigenvalue weighted by Gasteiger charge is 2.23. The molecule has 7 heteroatoms. The van der Waals surface area contributed by atoms with Gasteiger partial charge in [0.15, 0.2) is 0 Å². The van der Waals surface area contributed by atoms with E-state index in [4.69, 9.17) is 9.47 Å². The van der Waals surface area contributed by atoms with Crippen molar-refractivity contribution in [3.8, 4) is 11.5 Å². The van der Waals surface area contributed by atoms with Crippen molar-refractivity contribution >= 4 is 18.0 Å². The van der Waals surface area contributed by atoms with Gasteiger partial charge in [-0.05, 0) is 35.9 Å². The number of hydrogen-bond donors (Lipinski definition) is 2. The molecule has 0 aliphatic carbocycles. The van der Waals surface area contributed by atoms with Gasteiger partial charge in [-0.25, -0.2) is 5.43 Å². The maximum Gasteiger partial charge on any atom is 0.267 e. The van der Waals surface area contributed by atoms with E-state index >= 15 is 0 Å². The van der Waals surface area contributed by atoms with Crippen molar-refractivity contribution in [3.63, 3.8) is 0 Å². The van der Waals surface area contributed by atoms with E-state index in [-0.39, 0.29) is 5.91 Å². The molecule has 3 aromatic rings. The Labute approximate surface area is 180 Å². The molecule has 7 nitrogen and oxygen atoms in total. The number of ether oxygens (including phenoxy) is 2. The topological polar surface area (TPSA) is 89.0 Å². The third kappa shape index (κ3) is 5.70. The lowest BCUT2D eigenvalue weighted by molar-refractivity contribution is -0.123. The summed E-state index contributed by atoms with van der Waals surface area (Å²) >= 11 is 0. The number of carbonyl (C=O) groups is 2. The normalized spacial score (nSPS) is 11.5. The highest BCUT2D eigenvalue weighted by molar-refractivity contribution is 5.98. The maximum atomic E-state index is 12.9. The molecule has 31 heavy (non-hydrogen) atoms. The van der Waals surface area contributed by atoms with Crippen molar-refractivity contribution in [1.29, 1.82) is 0 Å². The van der Waals surface area contributed by atoms with Crippen molar-refractivity contribution < 1.29 is 19.1 Å². The lowest BCUT2D eigenvalue weighted by Gasteiger charge is -2.17. The number of nitrogens with one attached hydrogen (secondary N) is 2. The number of methoxy groups -OCH3 is 2. The first kappa shape index (κ1) is 21.6. The summed E-state index contributed by atoms with van der Waals surface area (Å²) in [4.78, 5) is 25.5. The minimum Gasteiger partial charge on any atom is -0.497 e. The molecule has 0 radical (unpaired) electrons. The van der Waals surface area contributed by atoms with Crippen LogP contribution in [-0.2, 0) is 4.79 Å². The molecule has 0 heterocycles. The van der Waals surface area contributed by atoms with Crippen molar-refractivity contribution in [2.24, 2.45) is 5.10 Å². The summed E-state index contributed by atoms with van der Waals surface area (Å²) in [6, 6.07) is 22.0. The van der Waals surface area contributed by atoms with Crippen LogP contribution in [0.5, 0.6) is 11.5 Å². The van der Waals surface area contributed by atoms with E-state index in [1.54, 1.807) is 80.9 Å². The zero-order valence-electron chi connectivity index (χ0n) is 17.2. The highest BCUT2D eigenvalue weighted by atomic mass is 16.5. The minimum atomic E-state index is -0.918. The van der Waals surface area contributed by atoms with Crippen LogP contribution in [0, 0.1) is 0 Å². The molecule has 0 aliphatic heterocycles. The first-order chi connectivity index (χ1) is 15.1. The molecule has 3 rings (SSSR count). The highest BCUT2D eigenvalue weighted by Crippen LogP contribution is 2.22. The molecule has 2 N–H and O–H groups in total. The van der Waals surface area contributed by atoms with Crippen LogP contribution in [0.15, 0.2) is 84.0 Å². The van der Waals surface area contributed by atoms with Gasteiger partial charge >= 0.3 is 0 Å². The Morgan fingerprint density at radius 1 is 0.903 bits per heavy atom. The van der Waals surface area contributed by atoms with Crippen LogP contribution in [-0.4, -0.2) is 32.2 Å². The van der Waals surface area contributed by atoms with Gasteiger partial charge in [0.25, 0.3) is 11.8 Å². The average Bonchev–Trinajstić information content (AvgIpc) is 2.83. The van der Waals surface area contributed by atoms with Gasteiger partial charge in [0.1, 0.15) is 17.5 Å². The van der Waals surface area contributed by atoms with E-state index in [2.05, 4.69) is 15.8 Å². The fourth-order valence-electron chi connectivity index (χ4n) is 2.92. The van der Waals surface area contributed by atoms with E-state index in [0.717, 1.165) is 0 Å². The van der Waals surface area contributed by atoms with E-state index < -0.39 is 11.9 Å². The molecule has 3 aromatic carbocycles. The first-order valence-corrected chi connectivity index (χ1v) is 9.58. The number of amides is 2. The fraction of sp³-hybridized carbons (Fsp3) is 0.125. The molecule has 0 bridgehead atoms. The lowest BCUT2D eigenvalue weighted by Crippen LogP contribution is -2.38. The smallest absolute Gasteiger partial charge is 0.267 e. The van der Waals surface area contributed by atoms with E-state index in [0.29, 0.717) is 28.2 Å². The molecule has 0 saturated heterocycles. The second kappa shape index (κ2) is 10.6. The number of nitrogens with zero attached hydrogens (tertiary/aromatic N) is 1. The number of benzene rings is 3. The summed E-state index contributed by atoms with van der Waals surface area (Å²) in [5.41, 5.74) is 4.22. The number of hydrazone groups is 1. The zero-order valence-corrected chi connectivity index (χ0v) is 17.2. The summed E-state index contributed by atoms with van der Waals surface area (Å²) in [5, 5.41) is 6.81. The van der Waals surface area contributed by atoms with Gasteiger partial charge in [-0.15, -0.1) is 0 Å². The van der Waals surface area contributed by atoms with Gasteiger partial charge in [-0.1, -0.05) is 48.5 Å². The summed E-state index contributed by atoms with van der Waals surface area (Å²) in [6.07, 6.45) is 1.46. The number of rotatable bonds is 8. The number of hydrogen-bond acceptors (Lipinski definition) is 5. The third-order valence-corrected chi connectivity index (χ3v) is 4.52. The Morgan fingerprint density at radius 3 is 2.23 bits per heavy atom. The molecule has 0 spiro atoms. The summed E-state index contributed by atoms with van der Waals surface area (Å²) in [6.45, 7) is 0. The van der Waals surface area contributed by atoms with Crippen LogP contribution >= 0.6 is 0 Å². The minimum absolute atomic E-state index is 0.358. The molecule has 158 valence electrons.